The number of rotatable bonds is 2. The molecule has 0 spiro atoms. The van der Waals surface area contributed by atoms with E-state index in [0.29, 0.717) is 29.2 Å². The van der Waals surface area contributed by atoms with Crippen LogP contribution >= 0.6 is 0 Å². The van der Waals surface area contributed by atoms with E-state index in [0.717, 1.165) is 17.7 Å². The molecule has 2 aromatic carbocycles. The molecular weight excluding hydrogens is 319 g/mol. The van der Waals surface area contributed by atoms with Crippen LogP contribution in [0.15, 0.2) is 42.5 Å². The number of nitrogens with one attached hydrogen (secondary N) is 1. The maximum atomic E-state index is 14.5. The van der Waals surface area contributed by atoms with Gasteiger partial charge in [-0.05, 0) is 60.6 Å². The van der Waals surface area contributed by atoms with Gasteiger partial charge in [0, 0.05) is 23.4 Å². The predicted octanol–water partition coefficient (Wildman–Crippen LogP) is 5.03. The topological polar surface area (TPSA) is 55.2 Å². The fraction of sp³-hybridized carbons (Fsp3) is 0.400. The first-order valence-corrected chi connectivity index (χ1v) is 8.93. The average molecular weight is 338 g/mol. The molecule has 4 nitrogen and oxygen atoms in total. The van der Waals surface area contributed by atoms with Crippen molar-refractivity contribution in [1.82, 2.24) is 0 Å². The van der Waals surface area contributed by atoms with Gasteiger partial charge in [-0.15, -0.1) is 0 Å². The van der Waals surface area contributed by atoms with Crippen molar-refractivity contribution in [2.45, 2.75) is 31.2 Å². The Bertz CT molecular complexity index is 869. The molecule has 0 radical (unpaired) electrons. The van der Waals surface area contributed by atoms with E-state index in [2.05, 4.69) is 5.32 Å². The van der Waals surface area contributed by atoms with Crippen molar-refractivity contribution in [3.05, 3.63) is 69.5 Å². The van der Waals surface area contributed by atoms with Gasteiger partial charge in [0.1, 0.15) is 5.82 Å². The largest absolute Gasteiger partial charge is 0.378 e. The summed E-state index contributed by atoms with van der Waals surface area (Å²) in [6, 6.07) is 12.0. The molecule has 1 N–H and O–H groups in total. The quantitative estimate of drug-likeness (QED) is 0.617. The van der Waals surface area contributed by atoms with E-state index in [1.807, 2.05) is 12.1 Å². The Morgan fingerprint density at radius 1 is 1.08 bits per heavy atom. The van der Waals surface area contributed by atoms with Crippen molar-refractivity contribution >= 4 is 11.4 Å². The number of nitro groups is 1. The van der Waals surface area contributed by atoms with Crippen molar-refractivity contribution < 1.29 is 9.31 Å². The lowest BCUT2D eigenvalue weighted by Gasteiger charge is -2.43. The zero-order valence-electron chi connectivity index (χ0n) is 13.7. The van der Waals surface area contributed by atoms with E-state index in [1.54, 1.807) is 18.2 Å². The minimum absolute atomic E-state index is 0.0598. The lowest BCUT2D eigenvalue weighted by molar-refractivity contribution is -0.384. The Labute approximate surface area is 145 Å². The number of nitrogens with zero attached hydrogens (tertiary/aromatic N) is 1. The number of nitro benzene ring substituents is 1. The molecule has 3 aliphatic rings. The van der Waals surface area contributed by atoms with Gasteiger partial charge in [0.05, 0.1) is 11.0 Å². The van der Waals surface area contributed by atoms with Gasteiger partial charge in [-0.3, -0.25) is 10.1 Å². The highest BCUT2D eigenvalue weighted by molar-refractivity contribution is 5.62. The predicted molar refractivity (Wildman–Crippen MR) is 92.9 cm³/mol. The van der Waals surface area contributed by atoms with Gasteiger partial charge in [-0.2, -0.15) is 0 Å². The molecule has 2 fully saturated rings. The number of halogens is 1. The minimum atomic E-state index is -0.328. The van der Waals surface area contributed by atoms with Gasteiger partial charge in [-0.25, -0.2) is 4.39 Å². The summed E-state index contributed by atoms with van der Waals surface area (Å²) in [6.07, 6.45) is 3.52. The molecule has 2 saturated carbocycles. The Balaban J connectivity index is 1.65. The summed E-state index contributed by atoms with van der Waals surface area (Å²) in [6.45, 7) is 0. The van der Waals surface area contributed by atoms with Gasteiger partial charge >= 0.3 is 0 Å². The number of fused-ring (bicyclic) bond motifs is 7. The zero-order valence-corrected chi connectivity index (χ0v) is 13.7. The molecule has 2 bridgehead atoms. The first-order chi connectivity index (χ1) is 12.1. The van der Waals surface area contributed by atoms with Crippen LogP contribution in [0.3, 0.4) is 0 Å². The van der Waals surface area contributed by atoms with Crippen LogP contribution in [0.1, 0.15) is 42.3 Å². The van der Waals surface area contributed by atoms with Gasteiger partial charge < -0.3 is 5.32 Å². The fourth-order valence-corrected chi connectivity index (χ4v) is 5.62. The van der Waals surface area contributed by atoms with Crippen LogP contribution in [-0.4, -0.2) is 4.92 Å². The van der Waals surface area contributed by atoms with E-state index in [-0.39, 0.29) is 22.5 Å². The standard InChI is InChI=1S/C20H19FN2O2/c21-16-4-2-1-3-14(16)20-19-12-6-5-11(9-12)18(19)15-10-13(23(24)25)7-8-17(15)22-20/h1-4,7-8,10-12,18-20,22H,5-6,9H2/t11-,12-,18+,19-,20-/m0/s1. The highest BCUT2D eigenvalue weighted by Crippen LogP contribution is 2.64. The van der Waals surface area contributed by atoms with E-state index in [4.69, 9.17) is 0 Å². The number of hydrogen-bond donors (Lipinski definition) is 1. The van der Waals surface area contributed by atoms with Crippen LogP contribution in [-0.2, 0) is 0 Å². The van der Waals surface area contributed by atoms with Gasteiger partial charge in [-0.1, -0.05) is 18.2 Å². The van der Waals surface area contributed by atoms with E-state index >= 15 is 0 Å². The maximum absolute atomic E-state index is 14.5. The molecule has 0 aromatic heterocycles. The number of benzene rings is 2. The summed E-state index contributed by atoms with van der Waals surface area (Å²) in [5, 5.41) is 14.7. The smallest absolute Gasteiger partial charge is 0.269 e. The second-order valence-electron chi connectivity index (χ2n) is 7.61. The van der Waals surface area contributed by atoms with Gasteiger partial charge in [0.15, 0.2) is 0 Å². The van der Waals surface area contributed by atoms with Crippen LogP contribution in [0.4, 0.5) is 15.8 Å². The summed E-state index contributed by atoms with van der Waals surface area (Å²) in [5.41, 5.74) is 2.84. The van der Waals surface area contributed by atoms with E-state index in [1.165, 1.54) is 25.0 Å². The number of hydrogen-bond acceptors (Lipinski definition) is 3. The number of anilines is 1. The zero-order chi connectivity index (χ0) is 17.1. The maximum Gasteiger partial charge on any atom is 0.269 e. The molecule has 128 valence electrons. The molecule has 1 heterocycles. The van der Waals surface area contributed by atoms with Crippen molar-refractivity contribution in [3.63, 3.8) is 0 Å². The fourth-order valence-electron chi connectivity index (χ4n) is 5.62. The van der Waals surface area contributed by atoms with Crippen LogP contribution in [0, 0.1) is 33.7 Å². The summed E-state index contributed by atoms with van der Waals surface area (Å²) in [4.78, 5) is 10.9. The molecule has 25 heavy (non-hydrogen) atoms. The second-order valence-corrected chi connectivity index (χ2v) is 7.61. The summed E-state index contributed by atoms with van der Waals surface area (Å²) in [5.74, 6) is 1.56. The molecule has 2 aromatic rings. The van der Waals surface area contributed by atoms with E-state index in [9.17, 15) is 14.5 Å². The molecule has 1 aliphatic heterocycles. The van der Waals surface area contributed by atoms with E-state index < -0.39 is 0 Å². The van der Waals surface area contributed by atoms with Crippen LogP contribution < -0.4 is 5.32 Å². The first kappa shape index (κ1) is 14.9. The Morgan fingerprint density at radius 3 is 2.68 bits per heavy atom. The lowest BCUT2D eigenvalue weighted by Crippen LogP contribution is -2.35. The van der Waals surface area contributed by atoms with Gasteiger partial charge in [0.2, 0.25) is 0 Å². The SMILES string of the molecule is O=[N+]([O-])c1ccc2c(c1)[C@H]1[C@H]3CC[C@@H](C3)[C@@H]1[C@H](c1ccccc1F)N2. The number of non-ortho nitro benzene ring substituents is 1. The third-order valence-corrected chi connectivity index (χ3v) is 6.52. The molecule has 5 rings (SSSR count). The van der Waals surface area contributed by atoms with Gasteiger partial charge in [0.25, 0.3) is 5.69 Å². The van der Waals surface area contributed by atoms with Crippen molar-refractivity contribution in [2.75, 3.05) is 5.32 Å². The molecule has 5 heteroatoms. The summed E-state index contributed by atoms with van der Waals surface area (Å²) >= 11 is 0. The minimum Gasteiger partial charge on any atom is -0.378 e. The highest BCUT2D eigenvalue weighted by atomic mass is 19.1. The Kier molecular flexibility index (Phi) is 3.14. The molecule has 0 unspecified atom stereocenters. The lowest BCUT2D eigenvalue weighted by atomic mass is 9.68. The molecule has 0 saturated heterocycles. The average Bonchev–Trinajstić information content (AvgIpc) is 3.23. The van der Waals surface area contributed by atoms with Crippen molar-refractivity contribution in [2.24, 2.45) is 17.8 Å². The normalized spacial score (nSPS) is 32.0. The molecule has 2 aliphatic carbocycles. The third-order valence-electron chi connectivity index (χ3n) is 6.52. The summed E-state index contributed by atoms with van der Waals surface area (Å²) < 4.78 is 14.5. The second kappa shape index (κ2) is 5.28. The summed E-state index contributed by atoms with van der Waals surface area (Å²) in [7, 11) is 0. The van der Waals surface area contributed by atoms with Crippen LogP contribution in [0.5, 0.6) is 0 Å². The third kappa shape index (κ3) is 2.11. The molecule has 5 atom stereocenters. The van der Waals surface area contributed by atoms with Crippen LogP contribution in [0.25, 0.3) is 0 Å². The first-order valence-electron chi connectivity index (χ1n) is 8.93. The van der Waals surface area contributed by atoms with Crippen LogP contribution in [0.2, 0.25) is 0 Å². The molecular formula is C20H19FN2O2. The molecule has 0 amide bonds. The Morgan fingerprint density at radius 2 is 1.88 bits per heavy atom. The highest BCUT2D eigenvalue weighted by Gasteiger charge is 2.54. The monoisotopic (exact) mass is 338 g/mol. The van der Waals surface area contributed by atoms with Crippen molar-refractivity contribution in [1.29, 1.82) is 0 Å². The van der Waals surface area contributed by atoms with Crippen molar-refractivity contribution in [3.8, 4) is 0 Å². The Hall–Kier alpha value is -2.43.